The van der Waals surface area contributed by atoms with Crippen molar-refractivity contribution in [3.05, 3.63) is 35.4 Å². The van der Waals surface area contributed by atoms with Crippen LogP contribution in [0.3, 0.4) is 0 Å². The van der Waals surface area contributed by atoms with Crippen LogP contribution in [-0.4, -0.2) is 27.3 Å². The molecule has 1 aliphatic rings. The van der Waals surface area contributed by atoms with Crippen LogP contribution < -0.4 is 5.32 Å². The van der Waals surface area contributed by atoms with Crippen molar-refractivity contribution in [2.24, 2.45) is 5.92 Å². The van der Waals surface area contributed by atoms with Gasteiger partial charge in [-0.15, -0.1) is 0 Å². The van der Waals surface area contributed by atoms with Gasteiger partial charge in [-0.3, -0.25) is 0 Å². The van der Waals surface area contributed by atoms with E-state index in [0.29, 0.717) is 5.75 Å². The first-order valence-electron chi connectivity index (χ1n) is 6.52. The van der Waals surface area contributed by atoms with Crippen molar-refractivity contribution >= 4 is 9.84 Å². The maximum atomic E-state index is 12.1. The summed E-state index contributed by atoms with van der Waals surface area (Å²) in [5, 5.41) is 3.26. The first kappa shape index (κ1) is 13.6. The number of sulfone groups is 1. The van der Waals surface area contributed by atoms with Gasteiger partial charge in [0.15, 0.2) is 9.84 Å². The molecule has 0 bridgehead atoms. The lowest BCUT2D eigenvalue weighted by Gasteiger charge is -2.22. The minimum Gasteiger partial charge on any atom is -0.316 e. The van der Waals surface area contributed by atoms with Gasteiger partial charge in [-0.1, -0.05) is 29.8 Å². The Morgan fingerprint density at radius 2 is 2.00 bits per heavy atom. The highest BCUT2D eigenvalue weighted by atomic mass is 32.2. The van der Waals surface area contributed by atoms with E-state index in [9.17, 15) is 8.42 Å². The van der Waals surface area contributed by atoms with Gasteiger partial charge in [0.1, 0.15) is 0 Å². The standard InChI is InChI=1S/C14H21NO2S/c1-12-4-6-13(7-5-12)10-18(16,17)11-14-3-2-8-15-9-14/h4-7,14-15H,2-3,8-11H2,1H3. The van der Waals surface area contributed by atoms with E-state index in [1.54, 1.807) is 0 Å². The first-order valence-corrected chi connectivity index (χ1v) is 8.34. The summed E-state index contributed by atoms with van der Waals surface area (Å²) in [4.78, 5) is 0. The predicted octanol–water partition coefficient (Wildman–Crippen LogP) is 1.91. The number of hydrogen-bond acceptors (Lipinski definition) is 3. The molecule has 2 rings (SSSR count). The molecule has 0 spiro atoms. The summed E-state index contributed by atoms with van der Waals surface area (Å²) in [5.41, 5.74) is 2.05. The van der Waals surface area contributed by atoms with Gasteiger partial charge in [0.2, 0.25) is 0 Å². The number of piperidine rings is 1. The Balaban J connectivity index is 1.96. The normalized spacial score (nSPS) is 20.8. The molecule has 1 saturated heterocycles. The van der Waals surface area contributed by atoms with Crippen molar-refractivity contribution in [2.45, 2.75) is 25.5 Å². The number of benzene rings is 1. The van der Waals surface area contributed by atoms with E-state index in [1.807, 2.05) is 31.2 Å². The van der Waals surface area contributed by atoms with E-state index in [1.165, 1.54) is 0 Å². The molecular weight excluding hydrogens is 246 g/mol. The fraction of sp³-hybridized carbons (Fsp3) is 0.571. The average Bonchev–Trinajstić information content (AvgIpc) is 2.32. The lowest BCUT2D eigenvalue weighted by atomic mass is 10.0. The topological polar surface area (TPSA) is 46.2 Å². The highest BCUT2D eigenvalue weighted by Gasteiger charge is 2.21. The van der Waals surface area contributed by atoms with E-state index in [-0.39, 0.29) is 11.7 Å². The second-order valence-electron chi connectivity index (χ2n) is 5.25. The zero-order valence-electron chi connectivity index (χ0n) is 10.9. The zero-order valence-corrected chi connectivity index (χ0v) is 11.7. The number of aryl methyl sites for hydroxylation is 1. The molecule has 0 aromatic heterocycles. The minimum absolute atomic E-state index is 0.170. The van der Waals surface area contributed by atoms with E-state index in [0.717, 1.165) is 37.1 Å². The zero-order chi connectivity index (χ0) is 13.0. The third kappa shape index (κ3) is 4.10. The maximum absolute atomic E-state index is 12.1. The third-order valence-corrected chi connectivity index (χ3v) is 5.15. The molecule has 1 heterocycles. The molecule has 18 heavy (non-hydrogen) atoms. The van der Waals surface area contributed by atoms with Crippen LogP contribution in [0.2, 0.25) is 0 Å². The molecule has 0 radical (unpaired) electrons. The summed E-state index contributed by atoms with van der Waals surface area (Å²) in [6.07, 6.45) is 2.12. The van der Waals surface area contributed by atoms with Gasteiger partial charge >= 0.3 is 0 Å². The van der Waals surface area contributed by atoms with Gasteiger partial charge in [0.25, 0.3) is 0 Å². The molecule has 0 amide bonds. The van der Waals surface area contributed by atoms with Crippen LogP contribution in [0.5, 0.6) is 0 Å². The molecule has 1 N–H and O–H groups in total. The van der Waals surface area contributed by atoms with E-state index in [2.05, 4.69) is 5.32 Å². The number of rotatable bonds is 4. The van der Waals surface area contributed by atoms with Gasteiger partial charge in [0.05, 0.1) is 11.5 Å². The Kier molecular flexibility index (Phi) is 4.40. The Bertz CT molecular complexity index is 473. The molecule has 1 fully saturated rings. The van der Waals surface area contributed by atoms with Crippen molar-refractivity contribution in [1.82, 2.24) is 5.32 Å². The quantitative estimate of drug-likeness (QED) is 0.906. The molecule has 4 heteroatoms. The Morgan fingerprint density at radius 1 is 1.28 bits per heavy atom. The van der Waals surface area contributed by atoms with Crippen LogP contribution in [0, 0.1) is 12.8 Å². The molecule has 3 nitrogen and oxygen atoms in total. The Morgan fingerprint density at radius 3 is 2.61 bits per heavy atom. The van der Waals surface area contributed by atoms with Gasteiger partial charge in [-0.25, -0.2) is 8.42 Å². The van der Waals surface area contributed by atoms with Crippen LogP contribution in [0.15, 0.2) is 24.3 Å². The fourth-order valence-corrected chi connectivity index (χ4v) is 4.24. The second-order valence-corrected chi connectivity index (χ2v) is 7.36. The van der Waals surface area contributed by atoms with Crippen molar-refractivity contribution < 1.29 is 8.42 Å². The van der Waals surface area contributed by atoms with Gasteiger partial charge < -0.3 is 5.32 Å². The fourth-order valence-electron chi connectivity index (χ4n) is 2.42. The largest absolute Gasteiger partial charge is 0.316 e. The summed E-state index contributed by atoms with van der Waals surface area (Å²) in [6, 6.07) is 7.75. The second kappa shape index (κ2) is 5.85. The molecular formula is C14H21NO2S. The van der Waals surface area contributed by atoms with E-state index in [4.69, 9.17) is 0 Å². The summed E-state index contributed by atoms with van der Waals surface area (Å²) >= 11 is 0. The van der Waals surface area contributed by atoms with E-state index >= 15 is 0 Å². The molecule has 1 aromatic carbocycles. The number of nitrogens with one attached hydrogen (secondary N) is 1. The maximum Gasteiger partial charge on any atom is 0.154 e. The highest BCUT2D eigenvalue weighted by Crippen LogP contribution is 2.16. The van der Waals surface area contributed by atoms with Gasteiger partial charge in [-0.2, -0.15) is 0 Å². The lowest BCUT2D eigenvalue weighted by Crippen LogP contribution is -2.34. The van der Waals surface area contributed by atoms with Crippen LogP contribution in [0.25, 0.3) is 0 Å². The van der Waals surface area contributed by atoms with Crippen LogP contribution >= 0.6 is 0 Å². The van der Waals surface area contributed by atoms with Crippen molar-refractivity contribution in [2.75, 3.05) is 18.8 Å². The molecule has 0 saturated carbocycles. The molecule has 1 aliphatic heterocycles. The average molecular weight is 267 g/mol. The van der Waals surface area contributed by atoms with Crippen LogP contribution in [0.4, 0.5) is 0 Å². The van der Waals surface area contributed by atoms with Crippen molar-refractivity contribution in [3.63, 3.8) is 0 Å². The molecule has 1 unspecified atom stereocenters. The predicted molar refractivity (Wildman–Crippen MR) is 74.3 cm³/mol. The van der Waals surface area contributed by atoms with Crippen LogP contribution in [-0.2, 0) is 15.6 Å². The number of hydrogen-bond donors (Lipinski definition) is 1. The Hall–Kier alpha value is -0.870. The lowest BCUT2D eigenvalue weighted by molar-refractivity contribution is 0.404. The monoisotopic (exact) mass is 267 g/mol. The van der Waals surface area contributed by atoms with Crippen molar-refractivity contribution in [3.8, 4) is 0 Å². The highest BCUT2D eigenvalue weighted by molar-refractivity contribution is 7.90. The third-order valence-electron chi connectivity index (χ3n) is 3.40. The SMILES string of the molecule is Cc1ccc(CS(=O)(=O)CC2CCCNC2)cc1. The molecule has 1 atom stereocenters. The molecule has 0 aliphatic carbocycles. The molecule has 100 valence electrons. The first-order chi connectivity index (χ1) is 8.55. The van der Waals surface area contributed by atoms with E-state index < -0.39 is 9.84 Å². The van der Waals surface area contributed by atoms with Gasteiger partial charge in [-0.05, 0) is 44.3 Å². The Labute approximate surface area is 110 Å². The van der Waals surface area contributed by atoms with Crippen molar-refractivity contribution in [1.29, 1.82) is 0 Å². The van der Waals surface area contributed by atoms with Crippen LogP contribution in [0.1, 0.15) is 24.0 Å². The summed E-state index contributed by atoms with van der Waals surface area (Å²) in [6.45, 7) is 3.87. The smallest absolute Gasteiger partial charge is 0.154 e. The summed E-state index contributed by atoms with van der Waals surface area (Å²) in [5.74, 6) is 0.770. The molecule has 1 aromatic rings. The van der Waals surface area contributed by atoms with Gasteiger partial charge in [0, 0.05) is 0 Å². The minimum atomic E-state index is -2.99. The summed E-state index contributed by atoms with van der Waals surface area (Å²) in [7, 11) is -2.99. The summed E-state index contributed by atoms with van der Waals surface area (Å²) < 4.78 is 24.3.